The topological polar surface area (TPSA) is 92.8 Å². The first kappa shape index (κ1) is 25.3. The van der Waals surface area contributed by atoms with Gasteiger partial charge in [0.15, 0.2) is 5.78 Å². The molecule has 1 aliphatic heterocycles. The third-order valence-electron chi connectivity index (χ3n) is 7.30. The summed E-state index contributed by atoms with van der Waals surface area (Å²) >= 11 is 0. The number of rotatable bonds is 6. The standard InChI is InChI=1S/C31H31N3O4/c1-33(2)23-14-12-20(13-15-23)22-18-25-30(27(35)19-22)31(21-8-4-3-5-9-21)34(28(36)16-17-29(37)38)26-11-7-6-10-24(26)32-25/h3-15,22,31-32H,16-19H2,1-2H3,(H,37,38)/p-1/t22-,31-/m1/s1. The van der Waals surface area contributed by atoms with Crippen molar-refractivity contribution in [1.82, 2.24) is 0 Å². The van der Waals surface area contributed by atoms with Crippen LogP contribution in [0.15, 0.2) is 90.1 Å². The maximum absolute atomic E-state index is 14.0. The van der Waals surface area contributed by atoms with Crippen molar-refractivity contribution in [2.45, 2.75) is 37.6 Å². The molecule has 0 radical (unpaired) electrons. The van der Waals surface area contributed by atoms with E-state index in [1.165, 1.54) is 0 Å². The van der Waals surface area contributed by atoms with Gasteiger partial charge in [0.25, 0.3) is 0 Å². The number of benzene rings is 3. The fourth-order valence-electron chi connectivity index (χ4n) is 5.43. The van der Waals surface area contributed by atoms with Crippen molar-refractivity contribution in [1.29, 1.82) is 0 Å². The van der Waals surface area contributed by atoms with Crippen LogP contribution >= 0.6 is 0 Å². The minimum absolute atomic E-state index is 0.00566. The van der Waals surface area contributed by atoms with E-state index in [4.69, 9.17) is 0 Å². The average Bonchev–Trinajstić information content (AvgIpc) is 3.07. The Morgan fingerprint density at radius 3 is 2.26 bits per heavy atom. The fourth-order valence-corrected chi connectivity index (χ4v) is 5.43. The number of aliphatic carboxylic acids is 1. The molecule has 0 aromatic heterocycles. The largest absolute Gasteiger partial charge is 0.550 e. The number of carboxylic acids is 1. The van der Waals surface area contributed by atoms with Gasteiger partial charge in [0.2, 0.25) is 5.91 Å². The zero-order valence-electron chi connectivity index (χ0n) is 21.5. The fraction of sp³-hybridized carbons (Fsp3) is 0.258. The highest BCUT2D eigenvalue weighted by atomic mass is 16.4. The van der Waals surface area contributed by atoms with Crippen molar-refractivity contribution in [3.8, 4) is 0 Å². The molecule has 38 heavy (non-hydrogen) atoms. The molecule has 1 amide bonds. The van der Waals surface area contributed by atoms with Crippen LogP contribution in [-0.2, 0) is 14.4 Å². The summed E-state index contributed by atoms with van der Waals surface area (Å²) in [7, 11) is 3.99. The molecule has 3 aromatic carbocycles. The minimum Gasteiger partial charge on any atom is -0.550 e. The van der Waals surface area contributed by atoms with Crippen LogP contribution in [0.4, 0.5) is 17.1 Å². The smallest absolute Gasteiger partial charge is 0.228 e. The summed E-state index contributed by atoms with van der Waals surface area (Å²) < 4.78 is 0. The van der Waals surface area contributed by atoms with E-state index in [9.17, 15) is 19.5 Å². The van der Waals surface area contributed by atoms with Crippen LogP contribution in [0.5, 0.6) is 0 Å². The Balaban J connectivity index is 1.62. The van der Waals surface area contributed by atoms with Gasteiger partial charge < -0.3 is 20.1 Å². The first-order valence-corrected chi connectivity index (χ1v) is 12.8. The highest BCUT2D eigenvalue weighted by molar-refractivity contribution is 6.06. The normalized spacial score (nSPS) is 18.7. The molecular weight excluding hydrogens is 478 g/mol. The molecule has 0 spiro atoms. The predicted octanol–water partition coefficient (Wildman–Crippen LogP) is 4.18. The molecule has 194 valence electrons. The zero-order valence-corrected chi connectivity index (χ0v) is 21.5. The van der Waals surface area contributed by atoms with Crippen molar-refractivity contribution in [3.63, 3.8) is 0 Å². The second-order valence-electron chi connectivity index (χ2n) is 10.00. The zero-order chi connectivity index (χ0) is 26.8. The monoisotopic (exact) mass is 508 g/mol. The Bertz CT molecular complexity index is 1400. The van der Waals surface area contributed by atoms with Gasteiger partial charge in [0, 0.05) is 49.9 Å². The Morgan fingerprint density at radius 2 is 1.58 bits per heavy atom. The summed E-state index contributed by atoms with van der Waals surface area (Å²) in [5, 5.41) is 14.7. The number of carboxylic acid groups (broad SMARTS) is 1. The van der Waals surface area contributed by atoms with E-state index >= 15 is 0 Å². The van der Waals surface area contributed by atoms with Gasteiger partial charge >= 0.3 is 0 Å². The van der Waals surface area contributed by atoms with E-state index in [1.807, 2.05) is 73.6 Å². The molecule has 0 fully saturated rings. The van der Waals surface area contributed by atoms with Crippen LogP contribution in [0.2, 0.25) is 0 Å². The van der Waals surface area contributed by atoms with E-state index in [1.54, 1.807) is 4.90 Å². The number of amides is 1. The Morgan fingerprint density at radius 1 is 0.895 bits per heavy atom. The molecule has 2 aliphatic rings. The van der Waals surface area contributed by atoms with Crippen LogP contribution < -0.4 is 20.2 Å². The molecule has 0 bridgehead atoms. The number of allylic oxidation sites excluding steroid dienone is 1. The van der Waals surface area contributed by atoms with Gasteiger partial charge in [-0.2, -0.15) is 0 Å². The molecule has 7 heteroatoms. The molecule has 0 saturated heterocycles. The van der Waals surface area contributed by atoms with Crippen LogP contribution in [0.1, 0.15) is 48.8 Å². The summed E-state index contributed by atoms with van der Waals surface area (Å²) in [6, 6.07) is 24.5. The van der Waals surface area contributed by atoms with Crippen LogP contribution in [0.25, 0.3) is 0 Å². The molecular formula is C31H30N3O4-. The highest BCUT2D eigenvalue weighted by Gasteiger charge is 2.41. The van der Waals surface area contributed by atoms with Crippen LogP contribution in [0, 0.1) is 0 Å². The van der Waals surface area contributed by atoms with E-state index in [2.05, 4.69) is 29.6 Å². The number of Topliss-reactive ketones (excluding diaryl/α,β-unsaturated/α-hetero) is 1. The molecule has 0 unspecified atom stereocenters. The molecule has 7 nitrogen and oxygen atoms in total. The maximum atomic E-state index is 14.0. The molecule has 5 rings (SSSR count). The molecule has 1 aliphatic carbocycles. The molecule has 1 heterocycles. The number of nitrogens with zero attached hydrogens (tertiary/aromatic N) is 2. The van der Waals surface area contributed by atoms with Gasteiger partial charge in [0.05, 0.1) is 17.4 Å². The quantitative estimate of drug-likeness (QED) is 0.537. The number of carbonyl (C=O) groups excluding carboxylic acids is 3. The number of anilines is 3. The third-order valence-corrected chi connectivity index (χ3v) is 7.30. The maximum Gasteiger partial charge on any atom is 0.228 e. The Labute approximate surface area is 222 Å². The second kappa shape index (κ2) is 10.5. The van der Waals surface area contributed by atoms with Gasteiger partial charge in [-0.05, 0) is 54.2 Å². The van der Waals surface area contributed by atoms with E-state index < -0.39 is 18.4 Å². The Hall–Kier alpha value is -4.39. The summed E-state index contributed by atoms with van der Waals surface area (Å²) in [4.78, 5) is 42.4. The SMILES string of the molecule is CN(C)c1ccc([C@H]2CC(=O)C3=C(C2)Nc2ccccc2N(C(=O)CCC(=O)[O-])[C@@H]3c2ccccc2)cc1. The summed E-state index contributed by atoms with van der Waals surface area (Å²) in [6.45, 7) is 0. The number of hydrogen-bond acceptors (Lipinski definition) is 6. The van der Waals surface area contributed by atoms with Crippen molar-refractivity contribution < 1.29 is 19.5 Å². The number of nitrogens with one attached hydrogen (secondary N) is 1. The van der Waals surface area contributed by atoms with Crippen LogP contribution in [-0.4, -0.2) is 31.8 Å². The number of carbonyl (C=O) groups is 3. The van der Waals surface area contributed by atoms with E-state index in [0.717, 1.165) is 22.5 Å². The minimum atomic E-state index is -1.28. The summed E-state index contributed by atoms with van der Waals surface area (Å²) in [5.41, 5.74) is 5.63. The van der Waals surface area contributed by atoms with Crippen LogP contribution in [0.3, 0.4) is 0 Å². The van der Waals surface area contributed by atoms with Crippen molar-refractivity contribution in [3.05, 3.63) is 101 Å². The number of hydrogen-bond donors (Lipinski definition) is 1. The lowest BCUT2D eigenvalue weighted by Gasteiger charge is -2.35. The third kappa shape index (κ3) is 4.92. The Kier molecular flexibility index (Phi) is 7.01. The van der Waals surface area contributed by atoms with Gasteiger partial charge in [-0.15, -0.1) is 0 Å². The number of ketones is 1. The van der Waals surface area contributed by atoms with E-state index in [0.29, 0.717) is 29.8 Å². The molecule has 2 atom stereocenters. The van der Waals surface area contributed by atoms with E-state index in [-0.39, 0.29) is 24.0 Å². The summed E-state index contributed by atoms with van der Waals surface area (Å²) in [5.74, 6) is -1.69. The molecule has 0 saturated carbocycles. The summed E-state index contributed by atoms with van der Waals surface area (Å²) in [6.07, 6.45) is 0.318. The molecule has 1 N–H and O–H groups in total. The number of para-hydroxylation sites is 2. The predicted molar refractivity (Wildman–Crippen MR) is 146 cm³/mol. The highest BCUT2D eigenvalue weighted by Crippen LogP contribution is 2.47. The van der Waals surface area contributed by atoms with Crippen molar-refractivity contribution in [2.24, 2.45) is 0 Å². The van der Waals surface area contributed by atoms with Gasteiger partial charge in [-0.3, -0.25) is 14.5 Å². The van der Waals surface area contributed by atoms with Gasteiger partial charge in [-0.1, -0.05) is 54.6 Å². The average molecular weight is 509 g/mol. The van der Waals surface area contributed by atoms with Gasteiger partial charge in [-0.25, -0.2) is 0 Å². The first-order valence-electron chi connectivity index (χ1n) is 12.8. The lowest BCUT2D eigenvalue weighted by molar-refractivity contribution is -0.305. The number of fused-ring (bicyclic) bond motifs is 1. The van der Waals surface area contributed by atoms with Crippen molar-refractivity contribution >= 4 is 34.7 Å². The second-order valence-corrected chi connectivity index (χ2v) is 10.00. The lowest BCUT2D eigenvalue weighted by Crippen LogP contribution is -2.39. The molecule has 3 aromatic rings. The first-order chi connectivity index (χ1) is 18.3. The van der Waals surface area contributed by atoms with Crippen molar-refractivity contribution in [2.75, 3.05) is 29.2 Å². The lowest BCUT2D eigenvalue weighted by atomic mass is 9.78. The van der Waals surface area contributed by atoms with Gasteiger partial charge in [0.1, 0.15) is 0 Å².